The van der Waals surface area contributed by atoms with Crippen molar-refractivity contribution >= 4 is 55.6 Å². The number of benzene rings is 2. The summed E-state index contributed by atoms with van der Waals surface area (Å²) in [6.07, 6.45) is 1.05. The van der Waals surface area contributed by atoms with Gasteiger partial charge in [-0.1, -0.05) is 35.0 Å². The Kier molecular flexibility index (Phi) is 7.35. The largest absolute Gasteiger partial charge is 0.491 e. The van der Waals surface area contributed by atoms with Crippen molar-refractivity contribution < 1.29 is 9.53 Å². The minimum absolute atomic E-state index is 0.132. The second-order valence-corrected chi connectivity index (χ2v) is 8.50. The maximum atomic E-state index is 12.4. The van der Waals surface area contributed by atoms with Crippen molar-refractivity contribution in [1.29, 1.82) is 0 Å². The van der Waals surface area contributed by atoms with E-state index in [-0.39, 0.29) is 17.1 Å². The molecular weight excluding hydrogens is 470 g/mol. The first-order valence-corrected chi connectivity index (χ1v) is 11.1. The predicted octanol–water partition coefficient (Wildman–Crippen LogP) is 5.88. The molecule has 2 aromatic carbocycles. The number of hydrogen-bond donors (Lipinski definition) is 2. The van der Waals surface area contributed by atoms with Crippen LogP contribution in [0.15, 0.2) is 58.4 Å². The van der Waals surface area contributed by atoms with Gasteiger partial charge in [0.25, 0.3) is 5.91 Å². The molecule has 0 unspecified atom stereocenters. The van der Waals surface area contributed by atoms with Gasteiger partial charge in [0.15, 0.2) is 10.2 Å². The van der Waals surface area contributed by atoms with Crippen LogP contribution in [-0.2, 0) is 0 Å². The number of carbonyl (C=O) groups excluding carboxylic acids is 1. The van der Waals surface area contributed by atoms with Crippen molar-refractivity contribution in [2.75, 3.05) is 5.32 Å². The number of amides is 1. The summed E-state index contributed by atoms with van der Waals surface area (Å²) in [7, 11) is 0. The zero-order valence-corrected chi connectivity index (χ0v) is 19.2. The van der Waals surface area contributed by atoms with Gasteiger partial charge in [-0.3, -0.25) is 10.1 Å². The Morgan fingerprint density at radius 2 is 1.90 bits per heavy atom. The van der Waals surface area contributed by atoms with E-state index in [2.05, 4.69) is 38.5 Å². The highest BCUT2D eigenvalue weighted by atomic mass is 79.9. The van der Waals surface area contributed by atoms with Crippen LogP contribution in [0, 0.1) is 0 Å². The molecule has 150 valence electrons. The number of hydrogen-bond acceptors (Lipinski definition) is 5. The molecule has 2 N–H and O–H groups in total. The summed E-state index contributed by atoms with van der Waals surface area (Å²) in [4.78, 5) is 16.9. The van der Waals surface area contributed by atoms with E-state index in [4.69, 9.17) is 17.0 Å². The lowest BCUT2D eigenvalue weighted by atomic mass is 10.2. The molecule has 5 nitrogen and oxygen atoms in total. The number of halogens is 1. The van der Waals surface area contributed by atoms with E-state index in [1.165, 1.54) is 11.3 Å². The van der Waals surface area contributed by atoms with Crippen molar-refractivity contribution in [3.63, 3.8) is 0 Å². The van der Waals surface area contributed by atoms with Crippen molar-refractivity contribution in [3.8, 4) is 17.0 Å². The zero-order valence-electron chi connectivity index (χ0n) is 15.9. The lowest BCUT2D eigenvalue weighted by Gasteiger charge is -2.13. The topological polar surface area (TPSA) is 63.2 Å². The predicted molar refractivity (Wildman–Crippen MR) is 126 cm³/mol. The molecule has 0 fully saturated rings. The molecule has 3 aromatic rings. The quantitative estimate of drug-likeness (QED) is 0.423. The van der Waals surface area contributed by atoms with Crippen LogP contribution in [0.4, 0.5) is 5.13 Å². The van der Waals surface area contributed by atoms with E-state index in [0.717, 1.165) is 27.9 Å². The van der Waals surface area contributed by atoms with Crippen LogP contribution >= 0.6 is 39.5 Å². The molecule has 0 aliphatic carbocycles. The number of thiazole rings is 1. The molecule has 8 heteroatoms. The molecule has 0 bridgehead atoms. The normalized spacial score (nSPS) is 11.6. The lowest BCUT2D eigenvalue weighted by molar-refractivity contribution is 0.0977. The minimum atomic E-state index is -0.290. The molecule has 0 saturated heterocycles. The van der Waals surface area contributed by atoms with E-state index in [1.807, 2.05) is 36.6 Å². The molecule has 3 rings (SSSR count). The Morgan fingerprint density at radius 3 is 2.55 bits per heavy atom. The molecule has 0 spiro atoms. The van der Waals surface area contributed by atoms with Crippen LogP contribution in [-0.4, -0.2) is 22.1 Å². The van der Waals surface area contributed by atoms with Crippen molar-refractivity contribution in [3.05, 3.63) is 63.9 Å². The van der Waals surface area contributed by atoms with Crippen LogP contribution in [0.1, 0.15) is 30.6 Å². The first-order chi connectivity index (χ1) is 13.9. The van der Waals surface area contributed by atoms with Gasteiger partial charge in [-0.25, -0.2) is 4.98 Å². The number of ether oxygens (including phenoxy) is 1. The third kappa shape index (κ3) is 6.09. The van der Waals surface area contributed by atoms with Gasteiger partial charge in [0, 0.05) is 21.0 Å². The van der Waals surface area contributed by atoms with Crippen LogP contribution in [0.3, 0.4) is 0 Å². The highest BCUT2D eigenvalue weighted by Crippen LogP contribution is 2.26. The van der Waals surface area contributed by atoms with E-state index in [1.54, 1.807) is 24.3 Å². The van der Waals surface area contributed by atoms with Gasteiger partial charge < -0.3 is 10.1 Å². The average Bonchev–Trinajstić information content (AvgIpc) is 3.17. The average molecular weight is 490 g/mol. The Morgan fingerprint density at radius 1 is 1.21 bits per heavy atom. The van der Waals surface area contributed by atoms with E-state index in [9.17, 15) is 4.79 Å². The smallest absolute Gasteiger partial charge is 0.257 e. The molecular formula is C21H20BrN3O2S2. The second-order valence-electron chi connectivity index (χ2n) is 6.31. The fourth-order valence-electron chi connectivity index (χ4n) is 2.39. The van der Waals surface area contributed by atoms with E-state index < -0.39 is 0 Å². The highest BCUT2D eigenvalue weighted by molar-refractivity contribution is 9.10. The molecule has 0 saturated carbocycles. The van der Waals surface area contributed by atoms with Gasteiger partial charge in [-0.05, 0) is 62.0 Å². The number of aromatic nitrogens is 1. The minimum Gasteiger partial charge on any atom is -0.491 e. The Labute approximate surface area is 187 Å². The van der Waals surface area contributed by atoms with E-state index in [0.29, 0.717) is 10.7 Å². The molecule has 0 radical (unpaired) electrons. The zero-order chi connectivity index (χ0) is 20.8. The highest BCUT2D eigenvalue weighted by Gasteiger charge is 2.11. The number of rotatable bonds is 6. The number of nitrogens with zero attached hydrogens (tertiary/aromatic N) is 1. The summed E-state index contributed by atoms with van der Waals surface area (Å²) in [5, 5.41) is 8.39. The van der Waals surface area contributed by atoms with E-state index >= 15 is 0 Å². The Hall–Kier alpha value is -2.29. The van der Waals surface area contributed by atoms with Gasteiger partial charge in [0.05, 0.1) is 11.8 Å². The van der Waals surface area contributed by atoms with Gasteiger partial charge in [0.2, 0.25) is 0 Å². The first kappa shape index (κ1) is 21.4. The number of carbonyl (C=O) groups is 1. The third-order valence-electron chi connectivity index (χ3n) is 4.12. The van der Waals surface area contributed by atoms with Gasteiger partial charge in [-0.2, -0.15) is 0 Å². The standard InChI is InChI=1S/C21H20BrN3O2S2/c1-3-13(2)27-17-10-6-15(7-11-17)19(26)24-20(28)25-21-23-18(12-29-21)14-4-8-16(22)9-5-14/h4-13H,3H2,1-2H3,(H2,23,24,25,26,28)/t13-/m0/s1. The summed E-state index contributed by atoms with van der Waals surface area (Å²) in [6.45, 7) is 4.07. The molecule has 29 heavy (non-hydrogen) atoms. The lowest BCUT2D eigenvalue weighted by Crippen LogP contribution is -2.34. The van der Waals surface area contributed by atoms with Crippen LogP contribution in [0.2, 0.25) is 0 Å². The number of nitrogens with one attached hydrogen (secondary N) is 2. The van der Waals surface area contributed by atoms with Crippen molar-refractivity contribution in [2.45, 2.75) is 26.4 Å². The summed E-state index contributed by atoms with van der Waals surface area (Å²) >= 11 is 10.1. The molecule has 1 aromatic heterocycles. The van der Waals surface area contributed by atoms with Crippen molar-refractivity contribution in [2.24, 2.45) is 0 Å². The first-order valence-electron chi connectivity index (χ1n) is 9.05. The fourth-order valence-corrected chi connectivity index (χ4v) is 3.63. The Balaban J connectivity index is 1.56. The van der Waals surface area contributed by atoms with Crippen LogP contribution < -0.4 is 15.4 Å². The van der Waals surface area contributed by atoms with Crippen molar-refractivity contribution in [1.82, 2.24) is 10.3 Å². The number of anilines is 1. The summed E-state index contributed by atoms with van der Waals surface area (Å²) in [5.41, 5.74) is 2.35. The maximum absolute atomic E-state index is 12.4. The summed E-state index contributed by atoms with van der Waals surface area (Å²) < 4.78 is 6.74. The molecule has 1 heterocycles. The summed E-state index contributed by atoms with van der Waals surface area (Å²) in [5.74, 6) is 0.446. The van der Waals surface area contributed by atoms with Gasteiger partial charge >= 0.3 is 0 Å². The Bertz CT molecular complexity index is 988. The fraction of sp³-hybridized carbons (Fsp3) is 0.190. The van der Waals surface area contributed by atoms with Gasteiger partial charge in [-0.15, -0.1) is 11.3 Å². The SMILES string of the molecule is CC[C@H](C)Oc1ccc(C(=O)NC(=S)Nc2nc(-c3ccc(Br)cc3)cs2)cc1. The van der Waals surface area contributed by atoms with Crippen LogP contribution in [0.25, 0.3) is 11.3 Å². The molecule has 0 aliphatic heterocycles. The second kappa shape index (κ2) is 9.96. The van der Waals surface area contributed by atoms with Gasteiger partial charge in [0.1, 0.15) is 5.75 Å². The summed E-state index contributed by atoms with van der Waals surface area (Å²) in [6, 6.07) is 14.9. The monoisotopic (exact) mass is 489 g/mol. The molecule has 1 amide bonds. The molecule has 0 aliphatic rings. The molecule has 1 atom stereocenters. The van der Waals surface area contributed by atoms with Crippen LogP contribution in [0.5, 0.6) is 5.75 Å². The third-order valence-corrected chi connectivity index (χ3v) is 5.61. The maximum Gasteiger partial charge on any atom is 0.257 e. The number of thiocarbonyl (C=S) groups is 1.